The molecule has 4 rings (SSSR count). The number of fused-ring (bicyclic) bond motifs is 1. The summed E-state index contributed by atoms with van der Waals surface area (Å²) in [6, 6.07) is 7.42. The Kier molecular flexibility index (Phi) is 6.63. The first-order valence-corrected chi connectivity index (χ1v) is 12.6. The topological polar surface area (TPSA) is 108 Å². The minimum atomic E-state index is -4.63. The lowest BCUT2D eigenvalue weighted by Gasteiger charge is -2.29. The summed E-state index contributed by atoms with van der Waals surface area (Å²) in [6.45, 7) is 2.04. The van der Waals surface area contributed by atoms with Gasteiger partial charge >= 0.3 is 6.18 Å². The van der Waals surface area contributed by atoms with Crippen LogP contribution in [0.1, 0.15) is 48.5 Å². The van der Waals surface area contributed by atoms with E-state index >= 15 is 0 Å². The van der Waals surface area contributed by atoms with Gasteiger partial charge in [-0.1, -0.05) is 25.8 Å². The van der Waals surface area contributed by atoms with Crippen molar-refractivity contribution in [2.75, 3.05) is 4.72 Å². The van der Waals surface area contributed by atoms with Gasteiger partial charge in [0.05, 0.1) is 10.5 Å². The van der Waals surface area contributed by atoms with Crippen molar-refractivity contribution in [3.05, 3.63) is 70.0 Å². The second-order valence-electron chi connectivity index (χ2n) is 8.76. The Morgan fingerprint density at radius 2 is 1.83 bits per heavy atom. The number of benzene rings is 2. The van der Waals surface area contributed by atoms with E-state index in [0.717, 1.165) is 43.9 Å². The highest BCUT2D eigenvalue weighted by Crippen LogP contribution is 2.31. The van der Waals surface area contributed by atoms with Gasteiger partial charge in [0.1, 0.15) is 5.56 Å². The number of rotatable bonds is 5. The highest BCUT2D eigenvalue weighted by molar-refractivity contribution is 7.92. The first kappa shape index (κ1) is 24.8. The molecule has 0 aliphatic heterocycles. The Hall–Kier alpha value is -3.34. The molecule has 2 aromatic carbocycles. The summed E-state index contributed by atoms with van der Waals surface area (Å²) in [5.74, 6) is -0.256. The number of nitrogens with one attached hydrogen (secondary N) is 3. The van der Waals surface area contributed by atoms with Gasteiger partial charge in [0, 0.05) is 28.8 Å². The minimum absolute atomic E-state index is 0.0266. The van der Waals surface area contributed by atoms with Crippen molar-refractivity contribution < 1.29 is 26.4 Å². The Labute approximate surface area is 199 Å². The molecule has 3 N–H and O–H groups in total. The predicted octanol–water partition coefficient (Wildman–Crippen LogP) is 4.66. The molecule has 3 aromatic rings. The van der Waals surface area contributed by atoms with E-state index in [2.05, 4.69) is 15.0 Å². The van der Waals surface area contributed by atoms with Gasteiger partial charge in [-0.05, 0) is 55.2 Å². The van der Waals surface area contributed by atoms with E-state index < -0.39 is 33.1 Å². The number of carbonyl (C=O) groups excluding carboxylic acids is 1. The van der Waals surface area contributed by atoms with Crippen molar-refractivity contribution in [3.8, 4) is 0 Å². The molecule has 0 saturated heterocycles. The van der Waals surface area contributed by atoms with Crippen LogP contribution in [0, 0.1) is 5.92 Å². The number of hydrogen-bond acceptors (Lipinski definition) is 4. The van der Waals surface area contributed by atoms with Crippen molar-refractivity contribution in [2.45, 2.75) is 49.7 Å². The van der Waals surface area contributed by atoms with Crippen LogP contribution in [0.3, 0.4) is 0 Å². The number of halogens is 3. The molecule has 0 radical (unpaired) electrons. The predicted molar refractivity (Wildman–Crippen MR) is 126 cm³/mol. The molecule has 186 valence electrons. The smallest absolute Gasteiger partial charge is 0.360 e. The lowest BCUT2D eigenvalue weighted by molar-refractivity contribution is -0.137. The molecule has 1 aliphatic rings. The number of pyridine rings is 1. The second-order valence-corrected chi connectivity index (χ2v) is 10.4. The zero-order valence-corrected chi connectivity index (χ0v) is 19.6. The Bertz CT molecular complexity index is 1430. The van der Waals surface area contributed by atoms with Gasteiger partial charge in [0.2, 0.25) is 5.43 Å². The lowest BCUT2D eigenvalue weighted by Crippen LogP contribution is -2.42. The summed E-state index contributed by atoms with van der Waals surface area (Å²) >= 11 is 0. The SMILES string of the molecule is C[C@H]1CCCC[C@@H]1NC(=O)c1c[nH]c2ccc(S(=O)(=O)Nc3cccc(C(F)(F)F)c3)cc2c1=O. The number of H-pyrrole nitrogens is 1. The van der Waals surface area contributed by atoms with E-state index in [-0.39, 0.29) is 33.5 Å². The maximum atomic E-state index is 13.1. The Morgan fingerprint density at radius 3 is 2.54 bits per heavy atom. The zero-order valence-electron chi connectivity index (χ0n) is 18.8. The molecule has 11 heteroatoms. The maximum Gasteiger partial charge on any atom is 0.416 e. The fourth-order valence-electron chi connectivity index (χ4n) is 4.28. The van der Waals surface area contributed by atoms with E-state index in [4.69, 9.17) is 0 Å². The van der Waals surface area contributed by atoms with Crippen LogP contribution in [0.25, 0.3) is 10.9 Å². The van der Waals surface area contributed by atoms with Crippen LogP contribution in [0.2, 0.25) is 0 Å². The van der Waals surface area contributed by atoms with Crippen molar-refractivity contribution >= 4 is 32.5 Å². The number of anilines is 1. The van der Waals surface area contributed by atoms with Crippen molar-refractivity contribution in [2.24, 2.45) is 5.92 Å². The van der Waals surface area contributed by atoms with Crippen molar-refractivity contribution in [1.29, 1.82) is 0 Å². The van der Waals surface area contributed by atoms with Gasteiger partial charge in [0.15, 0.2) is 0 Å². The molecule has 1 amide bonds. The van der Waals surface area contributed by atoms with Crippen LogP contribution in [0.5, 0.6) is 0 Å². The minimum Gasteiger partial charge on any atom is -0.360 e. The highest BCUT2D eigenvalue weighted by Gasteiger charge is 2.31. The monoisotopic (exact) mass is 507 g/mol. The number of sulfonamides is 1. The molecular formula is C24H24F3N3O4S. The molecule has 0 unspecified atom stereocenters. The van der Waals surface area contributed by atoms with E-state index in [0.29, 0.717) is 11.6 Å². The van der Waals surface area contributed by atoms with Gasteiger partial charge in [-0.2, -0.15) is 13.2 Å². The molecule has 1 fully saturated rings. The van der Waals surface area contributed by atoms with Gasteiger partial charge in [-0.25, -0.2) is 8.42 Å². The summed E-state index contributed by atoms with van der Waals surface area (Å²) in [5.41, 5.74) is -1.75. The zero-order chi connectivity index (χ0) is 25.4. The Morgan fingerprint density at radius 1 is 1.09 bits per heavy atom. The molecule has 1 heterocycles. The van der Waals surface area contributed by atoms with Gasteiger partial charge in [-0.15, -0.1) is 0 Å². The van der Waals surface area contributed by atoms with Crippen LogP contribution in [-0.4, -0.2) is 25.4 Å². The molecule has 0 bridgehead atoms. The summed E-state index contributed by atoms with van der Waals surface area (Å²) < 4.78 is 66.7. The van der Waals surface area contributed by atoms with Crippen molar-refractivity contribution in [1.82, 2.24) is 10.3 Å². The molecule has 2 atom stereocenters. The average molecular weight is 508 g/mol. The second kappa shape index (κ2) is 9.37. The normalized spacial score (nSPS) is 18.9. The summed E-state index contributed by atoms with van der Waals surface area (Å²) in [4.78, 5) is 28.4. The highest BCUT2D eigenvalue weighted by atomic mass is 32.2. The Balaban J connectivity index is 1.64. The third-order valence-corrected chi connectivity index (χ3v) is 7.66. The largest absolute Gasteiger partial charge is 0.416 e. The van der Waals surface area contributed by atoms with Crippen molar-refractivity contribution in [3.63, 3.8) is 0 Å². The van der Waals surface area contributed by atoms with Gasteiger partial charge in [0.25, 0.3) is 15.9 Å². The summed E-state index contributed by atoms with van der Waals surface area (Å²) in [6.07, 6.45) is 0.549. The van der Waals surface area contributed by atoms with E-state index in [9.17, 15) is 31.2 Å². The van der Waals surface area contributed by atoms with Crippen LogP contribution < -0.4 is 15.5 Å². The molecule has 0 spiro atoms. The van der Waals surface area contributed by atoms with Crippen LogP contribution in [0.15, 0.2) is 58.4 Å². The molecule has 7 nitrogen and oxygen atoms in total. The number of aromatic nitrogens is 1. The van der Waals surface area contributed by atoms with E-state index in [1.54, 1.807) is 0 Å². The standard InChI is InChI=1S/C24H24F3N3O4S/c1-14-5-2-3-8-20(14)29-23(32)19-13-28-21-10-9-17(12-18(21)22(19)31)35(33,34)30-16-7-4-6-15(11-16)24(25,26)27/h4,6-7,9-14,20,30H,2-3,5,8H2,1H3,(H,28,31)(H,29,32)/t14-,20-/m0/s1. The van der Waals surface area contributed by atoms with Crippen LogP contribution >= 0.6 is 0 Å². The fraction of sp³-hybridized carbons (Fsp3) is 0.333. The summed E-state index contributed by atoms with van der Waals surface area (Å²) in [7, 11) is -4.32. The van der Waals surface area contributed by atoms with E-state index in [1.165, 1.54) is 24.4 Å². The average Bonchev–Trinajstić information content (AvgIpc) is 2.80. The van der Waals surface area contributed by atoms with Gasteiger partial charge < -0.3 is 10.3 Å². The molecule has 1 aliphatic carbocycles. The maximum absolute atomic E-state index is 13.1. The quantitative estimate of drug-likeness (QED) is 0.467. The molecule has 1 aromatic heterocycles. The third kappa shape index (κ3) is 5.34. The molecular weight excluding hydrogens is 483 g/mol. The number of alkyl halides is 3. The molecule has 35 heavy (non-hydrogen) atoms. The van der Waals surface area contributed by atoms with Gasteiger partial charge in [-0.3, -0.25) is 14.3 Å². The summed E-state index contributed by atoms with van der Waals surface area (Å²) in [5, 5.41) is 2.88. The van der Waals surface area contributed by atoms with Crippen LogP contribution in [0.4, 0.5) is 18.9 Å². The molecule has 1 saturated carbocycles. The third-order valence-electron chi connectivity index (χ3n) is 6.28. The first-order valence-electron chi connectivity index (χ1n) is 11.1. The first-order chi connectivity index (χ1) is 16.5. The number of amides is 1. The lowest BCUT2D eigenvalue weighted by atomic mass is 9.86. The van der Waals surface area contributed by atoms with Crippen LogP contribution in [-0.2, 0) is 16.2 Å². The number of hydrogen-bond donors (Lipinski definition) is 3. The number of carbonyl (C=O) groups is 1. The number of aromatic amines is 1. The fourth-order valence-corrected chi connectivity index (χ4v) is 5.36. The van der Waals surface area contributed by atoms with E-state index in [1.807, 2.05) is 6.92 Å².